The van der Waals surface area contributed by atoms with E-state index in [1.807, 2.05) is 6.92 Å². The average Bonchev–Trinajstić information content (AvgIpc) is 2.89. The van der Waals surface area contributed by atoms with E-state index in [1.165, 1.54) is 12.1 Å². The molecule has 1 aromatic heterocycles. The molecule has 0 bridgehead atoms. The summed E-state index contributed by atoms with van der Waals surface area (Å²) in [7, 11) is 0. The van der Waals surface area contributed by atoms with Crippen LogP contribution in [0.15, 0.2) is 30.6 Å². The first-order valence-electron chi connectivity index (χ1n) is 5.82. The molecule has 1 aromatic carbocycles. The number of halogens is 1. The Morgan fingerprint density at radius 2 is 2.37 bits per heavy atom. The minimum atomic E-state index is -0.857. The lowest BCUT2D eigenvalue weighted by Crippen LogP contribution is -2.13. The van der Waals surface area contributed by atoms with Crippen LogP contribution in [0.4, 0.5) is 15.8 Å². The van der Waals surface area contributed by atoms with Gasteiger partial charge in [0.15, 0.2) is 0 Å². The Morgan fingerprint density at radius 1 is 1.58 bits per heavy atom. The monoisotopic (exact) mass is 264 g/mol. The number of aromatic amines is 1. The van der Waals surface area contributed by atoms with Gasteiger partial charge in [0.1, 0.15) is 11.5 Å². The summed E-state index contributed by atoms with van der Waals surface area (Å²) < 4.78 is 13.5. The molecule has 6 nitrogen and oxygen atoms in total. The second-order valence-corrected chi connectivity index (χ2v) is 3.97. The zero-order chi connectivity index (χ0) is 13.8. The molecule has 0 fully saturated rings. The summed E-state index contributed by atoms with van der Waals surface area (Å²) >= 11 is 0. The van der Waals surface area contributed by atoms with Gasteiger partial charge in [-0.3, -0.25) is 10.1 Å². The number of aromatic nitrogens is 2. The summed E-state index contributed by atoms with van der Waals surface area (Å²) in [5.74, 6) is -0.203. The van der Waals surface area contributed by atoms with Crippen LogP contribution in [-0.2, 0) is 0 Å². The van der Waals surface area contributed by atoms with E-state index in [2.05, 4.69) is 15.3 Å². The molecule has 2 N–H and O–H groups in total. The number of hydrogen-bond acceptors (Lipinski definition) is 4. The number of hydrogen-bond donors (Lipinski definition) is 2. The normalized spacial score (nSPS) is 12.1. The number of nitrogens with one attached hydrogen (secondary N) is 2. The van der Waals surface area contributed by atoms with Crippen LogP contribution in [0.5, 0.6) is 0 Å². The van der Waals surface area contributed by atoms with Gasteiger partial charge >= 0.3 is 5.69 Å². The van der Waals surface area contributed by atoms with Gasteiger partial charge in [0, 0.05) is 12.4 Å². The molecule has 1 atom stereocenters. The number of H-pyrrole nitrogens is 1. The van der Waals surface area contributed by atoms with Crippen molar-refractivity contribution in [1.29, 1.82) is 0 Å². The number of nitro benzene ring substituents is 1. The maximum absolute atomic E-state index is 13.5. The summed E-state index contributed by atoms with van der Waals surface area (Å²) in [4.78, 5) is 17.2. The van der Waals surface area contributed by atoms with Crippen molar-refractivity contribution in [1.82, 2.24) is 9.97 Å². The van der Waals surface area contributed by atoms with Crippen molar-refractivity contribution in [3.05, 3.63) is 52.3 Å². The van der Waals surface area contributed by atoms with Crippen molar-refractivity contribution in [2.45, 2.75) is 19.4 Å². The van der Waals surface area contributed by atoms with E-state index < -0.39 is 16.4 Å². The topological polar surface area (TPSA) is 83.8 Å². The molecular formula is C12H13FN4O2. The van der Waals surface area contributed by atoms with Gasteiger partial charge in [-0.2, -0.15) is 4.39 Å². The van der Waals surface area contributed by atoms with Gasteiger partial charge in [0.05, 0.1) is 11.0 Å². The van der Waals surface area contributed by atoms with Crippen molar-refractivity contribution in [2.24, 2.45) is 0 Å². The zero-order valence-electron chi connectivity index (χ0n) is 10.3. The van der Waals surface area contributed by atoms with Crippen LogP contribution in [0.25, 0.3) is 0 Å². The quantitative estimate of drug-likeness (QED) is 0.642. The summed E-state index contributed by atoms with van der Waals surface area (Å²) in [6.45, 7) is 1.91. The first-order chi connectivity index (χ1) is 9.13. The summed E-state index contributed by atoms with van der Waals surface area (Å²) in [5.41, 5.74) is -0.402. The van der Waals surface area contributed by atoms with Crippen LogP contribution in [0.1, 0.15) is 25.2 Å². The highest BCUT2D eigenvalue weighted by molar-refractivity contribution is 5.62. The number of rotatable bonds is 5. The summed E-state index contributed by atoms with van der Waals surface area (Å²) in [6.07, 6.45) is 3.92. The van der Waals surface area contributed by atoms with E-state index in [4.69, 9.17) is 0 Å². The molecule has 0 saturated carbocycles. The minimum Gasteiger partial charge on any atom is -0.370 e. The fourth-order valence-corrected chi connectivity index (χ4v) is 1.84. The smallest absolute Gasteiger partial charge is 0.327 e. The zero-order valence-corrected chi connectivity index (χ0v) is 10.3. The highest BCUT2D eigenvalue weighted by Crippen LogP contribution is 2.30. The van der Waals surface area contributed by atoms with Crippen LogP contribution in [-0.4, -0.2) is 14.9 Å². The molecule has 2 aromatic rings. The number of nitro groups is 1. The largest absolute Gasteiger partial charge is 0.370 e. The van der Waals surface area contributed by atoms with E-state index in [0.717, 1.165) is 6.07 Å². The lowest BCUT2D eigenvalue weighted by Gasteiger charge is -2.16. The molecule has 0 aliphatic heterocycles. The van der Waals surface area contributed by atoms with Gasteiger partial charge in [-0.15, -0.1) is 0 Å². The van der Waals surface area contributed by atoms with Gasteiger partial charge in [-0.25, -0.2) is 4.98 Å². The standard InChI is InChI=1S/C12H13FN4O2/c1-2-9(12-14-6-7-15-12)16-10-5-3-4-8(13)11(10)17(18)19/h3-7,9,16H,2H2,1H3,(H,14,15). The molecule has 0 radical (unpaired) electrons. The fourth-order valence-electron chi connectivity index (χ4n) is 1.84. The van der Waals surface area contributed by atoms with Crippen molar-refractivity contribution in [3.8, 4) is 0 Å². The van der Waals surface area contributed by atoms with E-state index in [-0.39, 0.29) is 11.7 Å². The number of benzene rings is 1. The molecule has 100 valence electrons. The third-order valence-corrected chi connectivity index (χ3v) is 2.76. The number of nitrogens with zero attached hydrogens (tertiary/aromatic N) is 2. The number of para-hydroxylation sites is 1. The van der Waals surface area contributed by atoms with Crippen molar-refractivity contribution < 1.29 is 9.31 Å². The van der Waals surface area contributed by atoms with E-state index in [1.54, 1.807) is 12.4 Å². The Bertz CT molecular complexity index is 571. The Morgan fingerprint density at radius 3 is 2.95 bits per heavy atom. The van der Waals surface area contributed by atoms with Crippen LogP contribution in [0.2, 0.25) is 0 Å². The first kappa shape index (κ1) is 13.0. The molecule has 19 heavy (non-hydrogen) atoms. The Kier molecular flexibility index (Phi) is 3.74. The lowest BCUT2D eigenvalue weighted by atomic mass is 10.2. The predicted octanol–water partition coefficient (Wildman–Crippen LogP) is 3.02. The van der Waals surface area contributed by atoms with Gasteiger partial charge < -0.3 is 10.3 Å². The molecule has 0 spiro atoms. The Hall–Kier alpha value is -2.44. The highest BCUT2D eigenvalue weighted by atomic mass is 19.1. The maximum Gasteiger partial charge on any atom is 0.327 e. The van der Waals surface area contributed by atoms with Gasteiger partial charge in [0.2, 0.25) is 5.82 Å². The molecular weight excluding hydrogens is 251 g/mol. The lowest BCUT2D eigenvalue weighted by molar-refractivity contribution is -0.386. The van der Waals surface area contributed by atoms with E-state index >= 15 is 0 Å². The first-order valence-corrected chi connectivity index (χ1v) is 5.82. The third kappa shape index (κ3) is 2.70. The highest BCUT2D eigenvalue weighted by Gasteiger charge is 2.22. The second kappa shape index (κ2) is 5.47. The molecule has 1 unspecified atom stereocenters. The van der Waals surface area contributed by atoms with E-state index in [9.17, 15) is 14.5 Å². The van der Waals surface area contributed by atoms with Gasteiger partial charge in [-0.05, 0) is 18.6 Å². The average molecular weight is 264 g/mol. The predicted molar refractivity (Wildman–Crippen MR) is 68.3 cm³/mol. The molecule has 0 amide bonds. The van der Waals surface area contributed by atoms with Crippen LogP contribution < -0.4 is 5.32 Å². The van der Waals surface area contributed by atoms with Crippen molar-refractivity contribution in [2.75, 3.05) is 5.32 Å². The molecule has 1 heterocycles. The van der Waals surface area contributed by atoms with Crippen molar-refractivity contribution in [3.63, 3.8) is 0 Å². The number of imidazole rings is 1. The molecule has 2 rings (SSSR count). The second-order valence-electron chi connectivity index (χ2n) is 3.97. The van der Waals surface area contributed by atoms with Crippen LogP contribution in [0, 0.1) is 15.9 Å². The summed E-state index contributed by atoms with van der Waals surface area (Å²) in [5, 5.41) is 13.8. The SMILES string of the molecule is CCC(Nc1cccc(F)c1[N+](=O)[O-])c1ncc[nH]1. The molecule has 7 heteroatoms. The molecule has 0 aliphatic rings. The minimum absolute atomic E-state index is 0.147. The van der Waals surface area contributed by atoms with Gasteiger partial charge in [0.25, 0.3) is 0 Å². The van der Waals surface area contributed by atoms with Crippen LogP contribution in [0.3, 0.4) is 0 Å². The Balaban J connectivity index is 2.32. The van der Waals surface area contributed by atoms with Crippen molar-refractivity contribution >= 4 is 11.4 Å². The molecule has 0 aliphatic carbocycles. The Labute approximate surface area is 108 Å². The molecule has 0 saturated heterocycles. The maximum atomic E-state index is 13.5. The number of anilines is 1. The fraction of sp³-hybridized carbons (Fsp3) is 0.250. The van der Waals surface area contributed by atoms with Gasteiger partial charge in [-0.1, -0.05) is 13.0 Å². The van der Waals surface area contributed by atoms with Crippen LogP contribution >= 0.6 is 0 Å². The van der Waals surface area contributed by atoms with E-state index in [0.29, 0.717) is 12.2 Å². The third-order valence-electron chi connectivity index (χ3n) is 2.76. The summed E-state index contributed by atoms with van der Waals surface area (Å²) in [6, 6.07) is 3.74.